The van der Waals surface area contributed by atoms with Crippen molar-refractivity contribution >= 4 is 40.2 Å². The van der Waals surface area contributed by atoms with Gasteiger partial charge in [-0.3, -0.25) is 25.0 Å². The molecule has 11 heteroatoms. The van der Waals surface area contributed by atoms with Crippen molar-refractivity contribution in [1.29, 1.82) is 0 Å². The third-order valence-electron chi connectivity index (χ3n) is 3.54. The van der Waals surface area contributed by atoms with Gasteiger partial charge in [0.15, 0.2) is 0 Å². The first-order chi connectivity index (χ1) is 14.0. The molecule has 2 aromatic carbocycles. The molecule has 146 valence electrons. The van der Waals surface area contributed by atoms with Crippen molar-refractivity contribution in [2.24, 2.45) is 5.10 Å². The van der Waals surface area contributed by atoms with Crippen LogP contribution in [0.4, 0.5) is 10.8 Å². The maximum absolute atomic E-state index is 12.2. The molecule has 0 radical (unpaired) electrons. The van der Waals surface area contributed by atoms with Gasteiger partial charge in [0.25, 0.3) is 11.6 Å². The SMILES string of the molecule is O=C(Cc1nnc(NC(=O)c2ccc([N+](=O)[O-])cc2)s1)N/N=C/c1ccccc1. The lowest BCUT2D eigenvalue weighted by Crippen LogP contribution is -2.19. The van der Waals surface area contributed by atoms with Crippen LogP contribution >= 0.6 is 11.3 Å². The minimum absolute atomic E-state index is 0.0444. The highest BCUT2D eigenvalue weighted by atomic mass is 32.1. The molecule has 0 unspecified atom stereocenters. The molecule has 0 atom stereocenters. The molecule has 0 saturated heterocycles. The van der Waals surface area contributed by atoms with E-state index in [9.17, 15) is 19.7 Å². The Bertz CT molecular complexity index is 1050. The van der Waals surface area contributed by atoms with E-state index in [0.717, 1.165) is 16.9 Å². The molecule has 0 bridgehead atoms. The average Bonchev–Trinajstić information content (AvgIpc) is 3.15. The van der Waals surface area contributed by atoms with Gasteiger partial charge in [0, 0.05) is 17.7 Å². The molecule has 0 spiro atoms. The fraction of sp³-hybridized carbons (Fsp3) is 0.0556. The zero-order chi connectivity index (χ0) is 20.6. The number of anilines is 1. The van der Waals surface area contributed by atoms with Crippen LogP contribution in [0.25, 0.3) is 0 Å². The van der Waals surface area contributed by atoms with E-state index in [4.69, 9.17) is 0 Å². The molecule has 2 N–H and O–H groups in total. The molecule has 0 aliphatic carbocycles. The number of nitrogens with one attached hydrogen (secondary N) is 2. The average molecular weight is 410 g/mol. The third-order valence-corrected chi connectivity index (χ3v) is 4.38. The number of carbonyl (C=O) groups is 2. The molecule has 2 amide bonds. The van der Waals surface area contributed by atoms with Gasteiger partial charge >= 0.3 is 0 Å². The Morgan fingerprint density at radius 3 is 2.52 bits per heavy atom. The second kappa shape index (κ2) is 9.28. The second-order valence-corrected chi connectivity index (χ2v) is 6.70. The van der Waals surface area contributed by atoms with E-state index in [1.54, 1.807) is 0 Å². The Balaban J connectivity index is 1.52. The highest BCUT2D eigenvalue weighted by molar-refractivity contribution is 7.15. The lowest BCUT2D eigenvalue weighted by atomic mass is 10.2. The van der Waals surface area contributed by atoms with Crippen molar-refractivity contribution in [3.8, 4) is 0 Å². The predicted molar refractivity (Wildman–Crippen MR) is 107 cm³/mol. The molecule has 0 aliphatic rings. The number of rotatable bonds is 7. The summed E-state index contributed by atoms with van der Waals surface area (Å²) in [6, 6.07) is 14.4. The van der Waals surface area contributed by atoms with Gasteiger partial charge < -0.3 is 0 Å². The van der Waals surface area contributed by atoms with Crippen molar-refractivity contribution in [3.05, 3.63) is 80.8 Å². The topological polar surface area (TPSA) is 139 Å². The van der Waals surface area contributed by atoms with E-state index >= 15 is 0 Å². The number of hydrogen-bond acceptors (Lipinski definition) is 8. The molecule has 3 rings (SSSR count). The Morgan fingerprint density at radius 1 is 1.10 bits per heavy atom. The highest BCUT2D eigenvalue weighted by Gasteiger charge is 2.13. The van der Waals surface area contributed by atoms with E-state index in [-0.39, 0.29) is 28.7 Å². The standard InChI is InChI=1S/C18H14N6O4S/c25-15(21-19-11-12-4-2-1-3-5-12)10-16-22-23-18(29-16)20-17(26)13-6-8-14(9-7-13)24(27)28/h1-9,11H,10H2,(H,21,25)(H,20,23,26)/b19-11+. The van der Waals surface area contributed by atoms with Crippen LogP contribution in [0.5, 0.6) is 0 Å². The number of amides is 2. The van der Waals surface area contributed by atoms with Crippen LogP contribution in [0.1, 0.15) is 20.9 Å². The second-order valence-electron chi connectivity index (χ2n) is 5.64. The number of non-ortho nitro benzene ring substituents is 1. The number of aromatic nitrogens is 2. The van der Waals surface area contributed by atoms with Crippen LogP contribution in [0.3, 0.4) is 0 Å². The van der Waals surface area contributed by atoms with Crippen molar-refractivity contribution in [2.45, 2.75) is 6.42 Å². The summed E-state index contributed by atoms with van der Waals surface area (Å²) in [5, 5.41) is 25.3. The summed E-state index contributed by atoms with van der Waals surface area (Å²) in [5.41, 5.74) is 3.37. The summed E-state index contributed by atoms with van der Waals surface area (Å²) < 4.78 is 0. The molecule has 29 heavy (non-hydrogen) atoms. The minimum Gasteiger partial charge on any atom is -0.296 e. The molecule has 1 heterocycles. The number of carbonyl (C=O) groups excluding carboxylic acids is 2. The zero-order valence-electron chi connectivity index (χ0n) is 14.8. The molecule has 0 fully saturated rings. The van der Waals surface area contributed by atoms with Crippen LogP contribution in [-0.2, 0) is 11.2 Å². The smallest absolute Gasteiger partial charge is 0.269 e. The van der Waals surface area contributed by atoms with Crippen molar-refractivity contribution in [2.75, 3.05) is 5.32 Å². The highest BCUT2D eigenvalue weighted by Crippen LogP contribution is 2.18. The summed E-state index contributed by atoms with van der Waals surface area (Å²) in [5.74, 6) is -0.860. The summed E-state index contributed by atoms with van der Waals surface area (Å²) in [7, 11) is 0. The quantitative estimate of drug-likeness (QED) is 0.348. The number of benzene rings is 2. The number of hydrogen-bond donors (Lipinski definition) is 2. The monoisotopic (exact) mass is 410 g/mol. The van der Waals surface area contributed by atoms with E-state index in [0.29, 0.717) is 5.01 Å². The Kier molecular flexibility index (Phi) is 6.32. The number of nitro groups is 1. The van der Waals surface area contributed by atoms with E-state index < -0.39 is 10.8 Å². The molecule has 1 aromatic heterocycles. The number of hydrazone groups is 1. The van der Waals surface area contributed by atoms with Crippen LogP contribution in [0, 0.1) is 10.1 Å². The fourth-order valence-electron chi connectivity index (χ4n) is 2.17. The van der Waals surface area contributed by atoms with Crippen molar-refractivity contribution in [3.63, 3.8) is 0 Å². The van der Waals surface area contributed by atoms with Crippen LogP contribution in [0.2, 0.25) is 0 Å². The van der Waals surface area contributed by atoms with Crippen molar-refractivity contribution < 1.29 is 14.5 Å². The van der Waals surface area contributed by atoms with Gasteiger partial charge in [0.1, 0.15) is 5.01 Å². The molecule has 0 saturated carbocycles. The molecule has 3 aromatic rings. The Labute approximate surface area is 168 Å². The van der Waals surface area contributed by atoms with Crippen LogP contribution in [0.15, 0.2) is 59.7 Å². The summed E-state index contributed by atoms with van der Waals surface area (Å²) >= 11 is 1.05. The Hall–Kier alpha value is -3.99. The maximum atomic E-state index is 12.2. The molecular formula is C18H14N6O4S. The van der Waals surface area contributed by atoms with Gasteiger partial charge in [-0.25, -0.2) is 5.43 Å². The lowest BCUT2D eigenvalue weighted by Gasteiger charge is -2.00. The number of nitro benzene ring substituents is 1. The van der Waals surface area contributed by atoms with E-state index in [2.05, 4.69) is 26.0 Å². The first-order valence-corrected chi connectivity index (χ1v) is 9.08. The van der Waals surface area contributed by atoms with E-state index in [1.807, 2.05) is 30.3 Å². The first kappa shape index (κ1) is 19.8. The third kappa shape index (κ3) is 5.74. The van der Waals surface area contributed by atoms with Gasteiger partial charge in [-0.05, 0) is 17.7 Å². The first-order valence-electron chi connectivity index (χ1n) is 8.26. The van der Waals surface area contributed by atoms with Crippen LogP contribution < -0.4 is 10.7 Å². The molecule has 0 aliphatic heterocycles. The zero-order valence-corrected chi connectivity index (χ0v) is 15.6. The minimum atomic E-state index is -0.548. The fourth-order valence-corrected chi connectivity index (χ4v) is 2.91. The van der Waals surface area contributed by atoms with Gasteiger partial charge in [-0.2, -0.15) is 5.10 Å². The van der Waals surface area contributed by atoms with Gasteiger partial charge in [0.05, 0.1) is 17.6 Å². The van der Waals surface area contributed by atoms with Gasteiger partial charge in [-0.1, -0.05) is 41.7 Å². The van der Waals surface area contributed by atoms with Gasteiger partial charge in [0.2, 0.25) is 11.0 Å². The normalized spacial score (nSPS) is 10.6. The largest absolute Gasteiger partial charge is 0.296 e. The van der Waals surface area contributed by atoms with E-state index in [1.165, 1.54) is 30.5 Å². The molecule has 10 nitrogen and oxygen atoms in total. The lowest BCUT2D eigenvalue weighted by molar-refractivity contribution is -0.384. The van der Waals surface area contributed by atoms with Crippen molar-refractivity contribution in [1.82, 2.24) is 15.6 Å². The summed E-state index contributed by atoms with van der Waals surface area (Å²) in [6.45, 7) is 0. The summed E-state index contributed by atoms with van der Waals surface area (Å²) in [6.07, 6.45) is 1.48. The maximum Gasteiger partial charge on any atom is 0.269 e. The number of nitrogens with zero attached hydrogens (tertiary/aromatic N) is 4. The predicted octanol–water partition coefficient (Wildman–Crippen LogP) is 2.39. The molecular weight excluding hydrogens is 396 g/mol. The Morgan fingerprint density at radius 2 is 1.83 bits per heavy atom. The van der Waals surface area contributed by atoms with Gasteiger partial charge in [-0.15, -0.1) is 10.2 Å². The summed E-state index contributed by atoms with van der Waals surface area (Å²) in [4.78, 5) is 34.2. The van der Waals surface area contributed by atoms with Crippen LogP contribution in [-0.4, -0.2) is 33.1 Å².